The minimum atomic E-state index is -4.54. The van der Waals surface area contributed by atoms with E-state index in [1.165, 1.54) is 6.33 Å². The van der Waals surface area contributed by atoms with Gasteiger partial charge in [0.05, 0.1) is 0 Å². The Labute approximate surface area is 253 Å². The summed E-state index contributed by atoms with van der Waals surface area (Å²) in [5.74, 6) is 0.315. The summed E-state index contributed by atoms with van der Waals surface area (Å²) in [6.45, 7) is 0.974. The molecule has 0 unspecified atom stereocenters. The molecule has 1 aliphatic carbocycles. The zero-order valence-electron chi connectivity index (χ0n) is 23.4. The molecule has 8 nitrogen and oxygen atoms in total. The van der Waals surface area contributed by atoms with Gasteiger partial charge in [-0.2, -0.15) is 0 Å². The molecule has 0 spiro atoms. The van der Waals surface area contributed by atoms with Crippen molar-refractivity contribution in [2.75, 3.05) is 0 Å². The number of para-hydroxylation sites is 1. The number of aromatic nitrogens is 7. The van der Waals surface area contributed by atoms with Crippen LogP contribution < -0.4 is 4.74 Å². The first-order valence-electron chi connectivity index (χ1n) is 13.9. The van der Waals surface area contributed by atoms with Gasteiger partial charge in [0.15, 0.2) is 0 Å². The van der Waals surface area contributed by atoms with Crippen LogP contribution in [0.3, 0.4) is 0 Å². The van der Waals surface area contributed by atoms with Gasteiger partial charge in [0.1, 0.15) is 0 Å². The molecule has 0 amide bonds. The Morgan fingerprint density at radius 1 is 1.00 bits per heavy atom. The standard InChI is InChI=1S/C30H24F5N7OSe/c1-15(2)41-13-22(30(33,34)35)39-27(41)21-10-9-17(44-21)12-42-20-6-4-3-5-18(20)19-11-36-25(40-26(19)42)23-24(16-7-8-16)37-14-38-28(23)43-29(31)32/h3-6,9-11,13-16,29H,7-8,12H2,1-2H3. The van der Waals surface area contributed by atoms with E-state index in [0.717, 1.165) is 44.2 Å². The predicted octanol–water partition coefficient (Wildman–Crippen LogP) is 7.09. The zero-order valence-corrected chi connectivity index (χ0v) is 25.1. The van der Waals surface area contributed by atoms with Gasteiger partial charge in [-0.1, -0.05) is 0 Å². The van der Waals surface area contributed by atoms with Crippen molar-refractivity contribution < 1.29 is 26.7 Å². The Kier molecular flexibility index (Phi) is 7.00. The van der Waals surface area contributed by atoms with Gasteiger partial charge in [-0.05, 0) is 0 Å². The Morgan fingerprint density at radius 3 is 2.52 bits per heavy atom. The monoisotopic (exact) mass is 673 g/mol. The second kappa shape index (κ2) is 10.8. The summed E-state index contributed by atoms with van der Waals surface area (Å²) in [7, 11) is 0. The molecule has 5 heterocycles. The fourth-order valence-electron chi connectivity index (χ4n) is 5.38. The fourth-order valence-corrected chi connectivity index (χ4v) is 7.46. The van der Waals surface area contributed by atoms with Crippen LogP contribution in [-0.4, -0.2) is 55.2 Å². The van der Waals surface area contributed by atoms with E-state index in [1.54, 1.807) is 10.8 Å². The number of hydrogen-bond acceptors (Lipinski definition) is 6. The molecule has 1 aromatic carbocycles. The van der Waals surface area contributed by atoms with Crippen LogP contribution in [0.2, 0.25) is 0 Å². The number of benzene rings is 1. The molecular weight excluding hydrogens is 648 g/mol. The van der Waals surface area contributed by atoms with Crippen molar-refractivity contribution in [1.82, 2.24) is 34.1 Å². The second-order valence-corrected chi connectivity index (χ2v) is 13.3. The molecule has 7 rings (SSSR count). The van der Waals surface area contributed by atoms with Crippen molar-refractivity contribution in [1.29, 1.82) is 0 Å². The van der Waals surface area contributed by atoms with Crippen LogP contribution >= 0.6 is 0 Å². The topological polar surface area (TPSA) is 83.5 Å². The Hall–Kier alpha value is -4.16. The first kappa shape index (κ1) is 28.6. The van der Waals surface area contributed by atoms with Crippen molar-refractivity contribution in [2.45, 2.75) is 58.0 Å². The third-order valence-electron chi connectivity index (χ3n) is 7.51. The molecule has 226 valence electrons. The van der Waals surface area contributed by atoms with E-state index < -0.39 is 18.5 Å². The van der Waals surface area contributed by atoms with Crippen LogP contribution in [0.15, 0.2) is 55.1 Å². The molecule has 1 aliphatic rings. The normalized spacial score (nSPS) is 14.0. The average molecular weight is 673 g/mol. The fraction of sp³-hybridized carbons (Fsp3) is 0.300. The summed E-state index contributed by atoms with van der Waals surface area (Å²) in [6.07, 6.45) is 1.14. The summed E-state index contributed by atoms with van der Waals surface area (Å²) in [5, 5.41) is 1.68. The van der Waals surface area contributed by atoms with Gasteiger partial charge >= 0.3 is 254 Å². The van der Waals surface area contributed by atoms with Crippen molar-refractivity contribution in [3.05, 3.63) is 70.9 Å². The number of imidazole rings is 1. The third-order valence-corrected chi connectivity index (χ3v) is 9.75. The van der Waals surface area contributed by atoms with Gasteiger partial charge < -0.3 is 0 Å². The van der Waals surface area contributed by atoms with Crippen molar-refractivity contribution in [3.63, 3.8) is 0 Å². The SMILES string of the molecule is CC(C)n1cc(C(F)(F)F)nc1-c1ccc(Cn2c3ccccc3c3cnc(-c4c(OC(F)F)ncnc4C4CC4)nc32)[se]1. The van der Waals surface area contributed by atoms with E-state index in [1.807, 2.05) is 54.8 Å². The van der Waals surface area contributed by atoms with E-state index in [4.69, 9.17) is 9.72 Å². The summed E-state index contributed by atoms with van der Waals surface area (Å²) < 4.78 is 77.3. The minimum absolute atomic E-state index is 0.0882. The van der Waals surface area contributed by atoms with E-state index in [9.17, 15) is 22.0 Å². The van der Waals surface area contributed by atoms with Gasteiger partial charge in [0.2, 0.25) is 0 Å². The second-order valence-electron chi connectivity index (χ2n) is 10.8. The van der Waals surface area contributed by atoms with Crippen LogP contribution in [0.4, 0.5) is 22.0 Å². The maximum atomic E-state index is 13.5. The molecule has 6 aromatic rings. The van der Waals surface area contributed by atoms with Crippen LogP contribution in [0.1, 0.15) is 54.5 Å². The van der Waals surface area contributed by atoms with Crippen LogP contribution in [0, 0.1) is 0 Å². The quantitative estimate of drug-likeness (QED) is 0.127. The summed E-state index contributed by atoms with van der Waals surface area (Å²) in [4.78, 5) is 21.7. The van der Waals surface area contributed by atoms with E-state index >= 15 is 0 Å². The molecule has 0 bridgehead atoms. The molecule has 0 atom stereocenters. The van der Waals surface area contributed by atoms with Crippen molar-refractivity contribution in [3.8, 4) is 27.5 Å². The Bertz CT molecular complexity index is 2010. The molecule has 0 aliphatic heterocycles. The first-order chi connectivity index (χ1) is 21.1. The summed E-state index contributed by atoms with van der Waals surface area (Å²) in [5.41, 5.74) is 1.38. The number of fused-ring (bicyclic) bond motifs is 3. The van der Waals surface area contributed by atoms with E-state index in [-0.39, 0.29) is 43.7 Å². The molecule has 0 N–H and O–H groups in total. The molecule has 1 fully saturated rings. The molecule has 0 saturated heterocycles. The number of nitrogens with zero attached hydrogens (tertiary/aromatic N) is 7. The van der Waals surface area contributed by atoms with Gasteiger partial charge in [0.25, 0.3) is 0 Å². The molecular formula is C30H24F5N7OSe. The number of rotatable bonds is 8. The molecule has 0 radical (unpaired) electrons. The van der Waals surface area contributed by atoms with Crippen molar-refractivity contribution >= 4 is 36.4 Å². The van der Waals surface area contributed by atoms with Crippen LogP contribution in [0.5, 0.6) is 5.88 Å². The van der Waals surface area contributed by atoms with E-state index in [0.29, 0.717) is 23.7 Å². The van der Waals surface area contributed by atoms with Crippen LogP contribution in [-0.2, 0) is 12.7 Å². The van der Waals surface area contributed by atoms with Gasteiger partial charge in [-0.25, -0.2) is 0 Å². The summed E-state index contributed by atoms with van der Waals surface area (Å²) >= 11 is -0.306. The number of hydrogen-bond donors (Lipinski definition) is 0. The van der Waals surface area contributed by atoms with Gasteiger partial charge in [0, 0.05) is 0 Å². The molecule has 44 heavy (non-hydrogen) atoms. The van der Waals surface area contributed by atoms with Gasteiger partial charge in [-0.3, -0.25) is 0 Å². The number of halogens is 5. The predicted molar refractivity (Wildman–Crippen MR) is 154 cm³/mol. The van der Waals surface area contributed by atoms with Crippen molar-refractivity contribution in [2.24, 2.45) is 0 Å². The molecule has 5 aromatic heterocycles. The first-order valence-corrected chi connectivity index (χ1v) is 15.6. The third kappa shape index (κ3) is 5.15. The maximum absolute atomic E-state index is 13.5. The van der Waals surface area contributed by atoms with Gasteiger partial charge in [-0.15, -0.1) is 0 Å². The zero-order chi connectivity index (χ0) is 30.7. The average Bonchev–Trinajstić information content (AvgIpc) is 3.41. The van der Waals surface area contributed by atoms with E-state index in [2.05, 4.69) is 19.9 Å². The number of ether oxygens (including phenoxy) is 1. The number of alkyl halides is 5. The molecule has 1 saturated carbocycles. The van der Waals surface area contributed by atoms with Crippen LogP contribution in [0.25, 0.3) is 43.6 Å². The Balaban J connectivity index is 1.34. The Morgan fingerprint density at radius 2 is 1.80 bits per heavy atom. The summed E-state index contributed by atoms with van der Waals surface area (Å²) in [6, 6.07) is 11.3. The molecule has 14 heteroatoms.